The molecule has 0 bridgehead atoms. The fraction of sp³-hybridized carbons (Fsp3) is 0.500. The highest BCUT2D eigenvalue weighted by molar-refractivity contribution is 6.00. The molecule has 0 saturated carbocycles. The third-order valence-electron chi connectivity index (χ3n) is 2.92. The van der Waals surface area contributed by atoms with Crippen molar-refractivity contribution in [3.05, 3.63) is 33.9 Å². The highest BCUT2D eigenvalue weighted by atomic mass is 16.6. The number of hydrogen-bond donors (Lipinski definition) is 2. The average molecular weight is 295 g/mol. The molecule has 3 N–H and O–H groups in total. The molecule has 0 heterocycles. The number of nitrogen functional groups attached to an aromatic ring is 1. The zero-order valence-corrected chi connectivity index (χ0v) is 12.1. The second-order valence-electron chi connectivity index (χ2n) is 4.57. The van der Waals surface area contributed by atoms with E-state index in [0.29, 0.717) is 19.6 Å². The van der Waals surface area contributed by atoms with Gasteiger partial charge in [0.2, 0.25) is 0 Å². The lowest BCUT2D eigenvalue weighted by molar-refractivity contribution is -0.383. The summed E-state index contributed by atoms with van der Waals surface area (Å²) in [6, 6.07) is 4.18. The number of nitro benzene ring substituents is 1. The topological polar surface area (TPSA) is 107 Å². The first-order valence-corrected chi connectivity index (χ1v) is 6.96. The van der Waals surface area contributed by atoms with Crippen LogP contribution in [0.3, 0.4) is 0 Å². The Morgan fingerprint density at radius 3 is 2.76 bits per heavy atom. The predicted octanol–water partition coefficient (Wildman–Crippen LogP) is 2.11. The molecule has 0 unspecified atom stereocenters. The van der Waals surface area contributed by atoms with Gasteiger partial charge in [0.1, 0.15) is 5.69 Å². The third-order valence-corrected chi connectivity index (χ3v) is 2.92. The maximum atomic E-state index is 11.9. The number of nitrogens with one attached hydrogen (secondary N) is 1. The molecule has 0 aliphatic carbocycles. The smallest absolute Gasteiger partial charge is 0.292 e. The summed E-state index contributed by atoms with van der Waals surface area (Å²) >= 11 is 0. The van der Waals surface area contributed by atoms with Crippen LogP contribution in [0.1, 0.15) is 36.5 Å². The Labute approximate surface area is 123 Å². The van der Waals surface area contributed by atoms with E-state index in [9.17, 15) is 14.9 Å². The number of anilines is 1. The van der Waals surface area contributed by atoms with E-state index in [1.54, 1.807) is 0 Å². The van der Waals surface area contributed by atoms with Crippen molar-refractivity contribution in [2.24, 2.45) is 0 Å². The summed E-state index contributed by atoms with van der Waals surface area (Å²) in [6.07, 6.45) is 2.80. The molecule has 0 aliphatic heterocycles. The molecule has 0 fully saturated rings. The molecule has 0 spiro atoms. The fourth-order valence-corrected chi connectivity index (χ4v) is 1.73. The first kappa shape index (κ1) is 16.9. The molecule has 1 rings (SSSR count). The molecule has 116 valence electrons. The molecule has 0 saturated heterocycles. The Kier molecular flexibility index (Phi) is 7.17. The molecular weight excluding hydrogens is 274 g/mol. The normalized spacial score (nSPS) is 10.3. The zero-order valence-electron chi connectivity index (χ0n) is 12.1. The summed E-state index contributed by atoms with van der Waals surface area (Å²) in [5.74, 6) is -0.412. The number of rotatable bonds is 9. The first-order chi connectivity index (χ1) is 10.1. The van der Waals surface area contributed by atoms with Crippen molar-refractivity contribution >= 4 is 17.3 Å². The quantitative estimate of drug-likeness (QED) is 0.314. The van der Waals surface area contributed by atoms with E-state index in [1.807, 2.05) is 0 Å². The molecule has 0 atom stereocenters. The molecular formula is C14H21N3O4. The van der Waals surface area contributed by atoms with Gasteiger partial charge in [-0.2, -0.15) is 0 Å². The Hall–Kier alpha value is -2.15. The molecule has 1 aromatic rings. The van der Waals surface area contributed by atoms with Crippen LogP contribution >= 0.6 is 0 Å². The SMILES string of the molecule is CCCCOCCCNC(=O)c1cccc([N+](=O)[O-])c1N. The van der Waals surface area contributed by atoms with Crippen molar-refractivity contribution in [2.75, 3.05) is 25.5 Å². The van der Waals surface area contributed by atoms with Crippen LogP contribution in [-0.4, -0.2) is 30.6 Å². The van der Waals surface area contributed by atoms with Crippen LogP contribution in [0, 0.1) is 10.1 Å². The van der Waals surface area contributed by atoms with E-state index in [0.717, 1.165) is 19.4 Å². The summed E-state index contributed by atoms with van der Waals surface area (Å²) in [6.45, 7) is 3.83. The molecule has 1 aromatic carbocycles. The van der Waals surface area contributed by atoms with Gasteiger partial charge < -0.3 is 15.8 Å². The van der Waals surface area contributed by atoms with Crippen molar-refractivity contribution in [3.63, 3.8) is 0 Å². The van der Waals surface area contributed by atoms with Crippen LogP contribution in [0.4, 0.5) is 11.4 Å². The van der Waals surface area contributed by atoms with Crippen LogP contribution in [0.25, 0.3) is 0 Å². The minimum Gasteiger partial charge on any atom is -0.393 e. The van der Waals surface area contributed by atoms with Gasteiger partial charge in [0.25, 0.3) is 11.6 Å². The Balaban J connectivity index is 2.42. The number of nitrogens with two attached hydrogens (primary N) is 1. The number of unbranched alkanes of at least 4 members (excludes halogenated alkanes) is 1. The van der Waals surface area contributed by atoms with Crippen LogP contribution in [-0.2, 0) is 4.74 Å². The lowest BCUT2D eigenvalue weighted by Gasteiger charge is -2.08. The Morgan fingerprint density at radius 1 is 1.38 bits per heavy atom. The third kappa shape index (κ3) is 5.39. The molecule has 7 nitrogen and oxygen atoms in total. The predicted molar refractivity (Wildman–Crippen MR) is 80.2 cm³/mol. The monoisotopic (exact) mass is 295 g/mol. The van der Waals surface area contributed by atoms with Gasteiger partial charge in [-0.3, -0.25) is 14.9 Å². The van der Waals surface area contributed by atoms with Crippen LogP contribution in [0.5, 0.6) is 0 Å². The second-order valence-corrected chi connectivity index (χ2v) is 4.57. The van der Waals surface area contributed by atoms with Gasteiger partial charge in [-0.1, -0.05) is 19.4 Å². The summed E-state index contributed by atoms with van der Waals surface area (Å²) in [5, 5.41) is 13.4. The lowest BCUT2D eigenvalue weighted by atomic mass is 10.1. The number of para-hydroxylation sites is 1. The van der Waals surface area contributed by atoms with Crippen molar-refractivity contribution in [1.82, 2.24) is 5.32 Å². The van der Waals surface area contributed by atoms with Gasteiger partial charge >= 0.3 is 0 Å². The number of hydrogen-bond acceptors (Lipinski definition) is 5. The number of benzene rings is 1. The Bertz CT molecular complexity index is 491. The Morgan fingerprint density at radius 2 is 2.10 bits per heavy atom. The van der Waals surface area contributed by atoms with E-state index in [2.05, 4.69) is 12.2 Å². The number of ether oxygens (including phenoxy) is 1. The van der Waals surface area contributed by atoms with E-state index >= 15 is 0 Å². The number of nitro groups is 1. The minimum atomic E-state index is -0.603. The van der Waals surface area contributed by atoms with Gasteiger partial charge in [-0.05, 0) is 18.9 Å². The largest absolute Gasteiger partial charge is 0.393 e. The van der Waals surface area contributed by atoms with E-state index < -0.39 is 10.8 Å². The highest BCUT2D eigenvalue weighted by Crippen LogP contribution is 2.24. The van der Waals surface area contributed by atoms with Crippen molar-refractivity contribution in [1.29, 1.82) is 0 Å². The van der Waals surface area contributed by atoms with Crippen molar-refractivity contribution in [2.45, 2.75) is 26.2 Å². The number of carbonyl (C=O) groups is 1. The number of carbonyl (C=O) groups excluding carboxylic acids is 1. The number of nitrogens with zero attached hydrogens (tertiary/aromatic N) is 1. The highest BCUT2D eigenvalue weighted by Gasteiger charge is 2.18. The summed E-state index contributed by atoms with van der Waals surface area (Å²) in [5.41, 5.74) is 5.39. The molecule has 0 aliphatic rings. The molecule has 0 radical (unpaired) electrons. The van der Waals surface area contributed by atoms with Crippen LogP contribution < -0.4 is 11.1 Å². The fourth-order valence-electron chi connectivity index (χ4n) is 1.73. The molecule has 21 heavy (non-hydrogen) atoms. The molecule has 7 heteroatoms. The van der Waals surface area contributed by atoms with Gasteiger partial charge in [0.15, 0.2) is 0 Å². The van der Waals surface area contributed by atoms with Crippen molar-refractivity contribution < 1.29 is 14.5 Å². The summed E-state index contributed by atoms with van der Waals surface area (Å²) < 4.78 is 5.37. The number of amides is 1. The standard InChI is InChI=1S/C14H21N3O4/c1-2-3-9-21-10-5-8-16-14(18)11-6-4-7-12(13(11)15)17(19)20/h4,6-7H,2-3,5,8-10,15H2,1H3,(H,16,18). The maximum absolute atomic E-state index is 11.9. The average Bonchev–Trinajstić information content (AvgIpc) is 2.46. The van der Waals surface area contributed by atoms with Gasteiger partial charge in [0.05, 0.1) is 10.5 Å². The van der Waals surface area contributed by atoms with Gasteiger partial charge in [-0.15, -0.1) is 0 Å². The molecule has 1 amide bonds. The minimum absolute atomic E-state index is 0.112. The van der Waals surface area contributed by atoms with E-state index in [4.69, 9.17) is 10.5 Å². The summed E-state index contributed by atoms with van der Waals surface area (Å²) in [7, 11) is 0. The zero-order chi connectivity index (χ0) is 15.7. The molecule has 0 aromatic heterocycles. The van der Waals surface area contributed by atoms with Gasteiger partial charge in [0, 0.05) is 25.8 Å². The van der Waals surface area contributed by atoms with Crippen LogP contribution in [0.2, 0.25) is 0 Å². The van der Waals surface area contributed by atoms with Gasteiger partial charge in [-0.25, -0.2) is 0 Å². The van der Waals surface area contributed by atoms with Crippen molar-refractivity contribution in [3.8, 4) is 0 Å². The van der Waals surface area contributed by atoms with E-state index in [-0.39, 0.29) is 16.9 Å². The van der Waals surface area contributed by atoms with Crippen LogP contribution in [0.15, 0.2) is 18.2 Å². The first-order valence-electron chi connectivity index (χ1n) is 6.96. The maximum Gasteiger partial charge on any atom is 0.292 e. The summed E-state index contributed by atoms with van der Waals surface area (Å²) in [4.78, 5) is 22.1. The second kappa shape index (κ2) is 8.91. The van der Waals surface area contributed by atoms with E-state index in [1.165, 1.54) is 18.2 Å². The lowest BCUT2D eigenvalue weighted by Crippen LogP contribution is -2.26.